The standard InChI is InChI=1S/C24H17F3O4S/c25-24(26,27)32(28,29)31-21-13-7-6-12-20(21)23-19-11-5-4-10-18(19)14-15-22(23)30-16-17-8-2-1-3-9-17/h1-15H,16H2. The summed E-state index contributed by atoms with van der Waals surface area (Å²) in [4.78, 5) is 0. The van der Waals surface area contributed by atoms with Gasteiger partial charge in [-0.25, -0.2) is 0 Å². The van der Waals surface area contributed by atoms with Crippen molar-refractivity contribution in [2.24, 2.45) is 0 Å². The molecule has 0 aliphatic heterocycles. The molecule has 0 radical (unpaired) electrons. The first-order chi connectivity index (χ1) is 15.3. The number of benzene rings is 4. The molecule has 4 rings (SSSR count). The highest BCUT2D eigenvalue weighted by atomic mass is 32.2. The van der Waals surface area contributed by atoms with E-state index in [0.717, 1.165) is 10.9 Å². The van der Waals surface area contributed by atoms with Crippen LogP contribution in [0.1, 0.15) is 5.56 Å². The SMILES string of the molecule is O=S(=O)(Oc1ccccc1-c1c(OCc2ccccc2)ccc2ccccc12)C(F)(F)F. The van der Waals surface area contributed by atoms with Crippen LogP contribution < -0.4 is 8.92 Å². The summed E-state index contributed by atoms with van der Waals surface area (Å²) in [6, 6.07) is 25.8. The lowest BCUT2D eigenvalue weighted by atomic mass is 9.96. The average molecular weight is 458 g/mol. The normalized spacial score (nSPS) is 12.0. The summed E-state index contributed by atoms with van der Waals surface area (Å²) >= 11 is 0. The predicted molar refractivity (Wildman–Crippen MR) is 116 cm³/mol. The maximum Gasteiger partial charge on any atom is 0.534 e. The lowest BCUT2D eigenvalue weighted by Gasteiger charge is -2.18. The minimum atomic E-state index is -5.84. The van der Waals surface area contributed by atoms with Gasteiger partial charge in [-0.3, -0.25) is 0 Å². The Kier molecular flexibility index (Phi) is 5.80. The number of halogens is 3. The predicted octanol–water partition coefficient (Wildman–Crippen LogP) is 6.31. The largest absolute Gasteiger partial charge is 0.534 e. The second-order valence-electron chi connectivity index (χ2n) is 6.91. The van der Waals surface area contributed by atoms with Gasteiger partial charge < -0.3 is 8.92 Å². The van der Waals surface area contributed by atoms with Crippen molar-refractivity contribution in [3.8, 4) is 22.6 Å². The van der Waals surface area contributed by atoms with E-state index in [1.807, 2.05) is 48.5 Å². The first-order valence-corrected chi connectivity index (χ1v) is 11.0. The maximum atomic E-state index is 13.0. The van der Waals surface area contributed by atoms with Crippen LogP contribution >= 0.6 is 0 Å². The van der Waals surface area contributed by atoms with E-state index in [2.05, 4.69) is 4.18 Å². The van der Waals surface area contributed by atoms with E-state index in [-0.39, 0.29) is 12.2 Å². The zero-order chi connectivity index (χ0) is 22.8. The Bertz CT molecular complexity index is 1350. The van der Waals surface area contributed by atoms with Crippen LogP contribution in [0.2, 0.25) is 0 Å². The number of rotatable bonds is 6. The van der Waals surface area contributed by atoms with Crippen LogP contribution in [0.5, 0.6) is 11.5 Å². The summed E-state index contributed by atoms with van der Waals surface area (Å²) in [5, 5.41) is 1.49. The van der Waals surface area contributed by atoms with Crippen LogP contribution in [-0.2, 0) is 16.7 Å². The van der Waals surface area contributed by atoms with Crippen molar-refractivity contribution in [3.05, 3.63) is 96.6 Å². The lowest BCUT2D eigenvalue weighted by Crippen LogP contribution is -2.28. The molecular weight excluding hydrogens is 441 g/mol. The average Bonchev–Trinajstić information content (AvgIpc) is 2.77. The molecule has 0 saturated heterocycles. The highest BCUT2D eigenvalue weighted by Crippen LogP contribution is 2.43. The van der Waals surface area contributed by atoms with E-state index in [9.17, 15) is 21.6 Å². The van der Waals surface area contributed by atoms with Gasteiger partial charge in [0.25, 0.3) is 0 Å². The molecule has 0 unspecified atom stereocenters. The molecule has 0 aliphatic rings. The van der Waals surface area contributed by atoms with E-state index < -0.39 is 21.4 Å². The molecule has 0 spiro atoms. The maximum absolute atomic E-state index is 13.0. The molecule has 0 fully saturated rings. The summed E-state index contributed by atoms with van der Waals surface area (Å²) < 4.78 is 72.8. The van der Waals surface area contributed by atoms with Crippen molar-refractivity contribution in [3.63, 3.8) is 0 Å². The van der Waals surface area contributed by atoms with E-state index >= 15 is 0 Å². The summed E-state index contributed by atoms with van der Waals surface area (Å²) in [6.07, 6.45) is 0. The van der Waals surface area contributed by atoms with Crippen LogP contribution in [0.25, 0.3) is 21.9 Å². The molecule has 0 aromatic heterocycles. The first kappa shape index (κ1) is 21.7. The second-order valence-corrected chi connectivity index (χ2v) is 8.45. The number of hydrogen-bond acceptors (Lipinski definition) is 4. The smallest absolute Gasteiger partial charge is 0.488 e. The van der Waals surface area contributed by atoms with Gasteiger partial charge in [-0.15, -0.1) is 0 Å². The molecular formula is C24H17F3O4S. The fourth-order valence-corrected chi connectivity index (χ4v) is 3.77. The Balaban J connectivity index is 1.85. The van der Waals surface area contributed by atoms with Crippen LogP contribution in [0.4, 0.5) is 13.2 Å². The monoisotopic (exact) mass is 458 g/mol. The van der Waals surface area contributed by atoms with Gasteiger partial charge in [-0.2, -0.15) is 21.6 Å². The topological polar surface area (TPSA) is 52.6 Å². The molecule has 4 aromatic carbocycles. The molecule has 164 valence electrons. The lowest BCUT2D eigenvalue weighted by molar-refractivity contribution is -0.0499. The van der Waals surface area contributed by atoms with E-state index in [4.69, 9.17) is 4.74 Å². The van der Waals surface area contributed by atoms with Crippen molar-refractivity contribution < 1.29 is 30.5 Å². The molecule has 0 saturated carbocycles. The van der Waals surface area contributed by atoms with Gasteiger partial charge in [-0.1, -0.05) is 78.9 Å². The molecule has 0 aliphatic carbocycles. The van der Waals surface area contributed by atoms with Crippen LogP contribution in [0.3, 0.4) is 0 Å². The van der Waals surface area contributed by atoms with Gasteiger partial charge in [-0.05, 0) is 28.5 Å². The quantitative estimate of drug-likeness (QED) is 0.251. The second kappa shape index (κ2) is 8.55. The van der Waals surface area contributed by atoms with Crippen molar-refractivity contribution in [1.82, 2.24) is 0 Å². The molecule has 0 heterocycles. The van der Waals surface area contributed by atoms with Gasteiger partial charge in [0.2, 0.25) is 0 Å². The van der Waals surface area contributed by atoms with Gasteiger partial charge in [0, 0.05) is 11.1 Å². The fourth-order valence-electron chi connectivity index (χ4n) is 3.30. The molecule has 8 heteroatoms. The van der Waals surface area contributed by atoms with Crippen LogP contribution in [0.15, 0.2) is 91.0 Å². The van der Waals surface area contributed by atoms with Crippen molar-refractivity contribution in [2.75, 3.05) is 0 Å². The van der Waals surface area contributed by atoms with Crippen molar-refractivity contribution >= 4 is 20.9 Å². The third-order valence-electron chi connectivity index (χ3n) is 4.77. The molecule has 0 N–H and O–H groups in total. The van der Waals surface area contributed by atoms with E-state index in [0.29, 0.717) is 16.7 Å². The Labute approximate surface area is 183 Å². The Morgan fingerprint density at radius 3 is 2.12 bits per heavy atom. The van der Waals surface area contributed by atoms with Crippen LogP contribution in [0, 0.1) is 0 Å². The zero-order valence-corrected chi connectivity index (χ0v) is 17.4. The van der Waals surface area contributed by atoms with Crippen molar-refractivity contribution in [2.45, 2.75) is 12.1 Å². The summed E-state index contributed by atoms with van der Waals surface area (Å²) in [5.41, 5.74) is -4.05. The fraction of sp³-hybridized carbons (Fsp3) is 0.0833. The van der Waals surface area contributed by atoms with Gasteiger partial charge >= 0.3 is 15.6 Å². The molecule has 4 aromatic rings. The minimum Gasteiger partial charge on any atom is -0.488 e. The molecule has 0 atom stereocenters. The summed E-state index contributed by atoms with van der Waals surface area (Å²) in [7, 11) is -5.84. The highest BCUT2D eigenvalue weighted by Gasteiger charge is 2.48. The van der Waals surface area contributed by atoms with E-state index in [1.54, 1.807) is 24.3 Å². The van der Waals surface area contributed by atoms with Gasteiger partial charge in [0.15, 0.2) is 5.75 Å². The van der Waals surface area contributed by atoms with E-state index in [1.165, 1.54) is 18.2 Å². The Morgan fingerprint density at radius 1 is 0.719 bits per heavy atom. The third kappa shape index (κ3) is 4.40. The van der Waals surface area contributed by atoms with Gasteiger partial charge in [0.05, 0.1) is 0 Å². The van der Waals surface area contributed by atoms with Crippen molar-refractivity contribution in [1.29, 1.82) is 0 Å². The number of alkyl halides is 3. The molecule has 0 amide bonds. The number of hydrogen-bond donors (Lipinski definition) is 0. The number of fused-ring (bicyclic) bond motifs is 1. The molecule has 4 nitrogen and oxygen atoms in total. The number of para-hydroxylation sites is 1. The number of ether oxygens (including phenoxy) is 1. The highest BCUT2D eigenvalue weighted by molar-refractivity contribution is 7.88. The zero-order valence-electron chi connectivity index (χ0n) is 16.5. The van der Waals surface area contributed by atoms with Crippen LogP contribution in [-0.4, -0.2) is 13.9 Å². The first-order valence-electron chi connectivity index (χ1n) is 9.55. The molecule has 32 heavy (non-hydrogen) atoms. The molecule has 0 bridgehead atoms. The van der Waals surface area contributed by atoms with Gasteiger partial charge in [0.1, 0.15) is 12.4 Å². The Morgan fingerprint density at radius 2 is 1.38 bits per heavy atom. The Hall–Kier alpha value is -3.52. The summed E-state index contributed by atoms with van der Waals surface area (Å²) in [5.74, 6) is -0.0567. The minimum absolute atomic E-state index is 0.167. The summed E-state index contributed by atoms with van der Waals surface area (Å²) in [6.45, 7) is 0.218. The third-order valence-corrected chi connectivity index (χ3v) is 5.73.